The number of carboxylic acids is 1. The number of benzene rings is 3. The molecule has 35 heavy (non-hydrogen) atoms. The van der Waals surface area contributed by atoms with E-state index in [0.717, 1.165) is 12.3 Å². The van der Waals surface area contributed by atoms with E-state index >= 15 is 0 Å². The van der Waals surface area contributed by atoms with Crippen molar-refractivity contribution in [2.75, 3.05) is 10.7 Å². The lowest BCUT2D eigenvalue weighted by Gasteiger charge is -2.30. The van der Waals surface area contributed by atoms with E-state index < -0.39 is 5.97 Å². The average molecular weight is 490 g/mol. The van der Waals surface area contributed by atoms with E-state index in [4.69, 9.17) is 5.11 Å². The van der Waals surface area contributed by atoms with E-state index in [1.807, 2.05) is 0 Å². The maximum absolute atomic E-state index is 10.7. The summed E-state index contributed by atoms with van der Waals surface area (Å²) in [6.45, 7) is 9.90. The zero-order valence-corrected chi connectivity index (χ0v) is 22.4. The largest absolute Gasteiger partial charge is 0.481 e. The summed E-state index contributed by atoms with van der Waals surface area (Å²) in [4.78, 5) is 13.2. The fourth-order valence-electron chi connectivity index (χ4n) is 4.51. The number of carbonyl (C=O) groups is 1. The first-order valence-corrected chi connectivity index (χ1v) is 13.9. The Morgan fingerprint density at radius 2 is 1.49 bits per heavy atom. The van der Waals surface area contributed by atoms with E-state index in [2.05, 4.69) is 105 Å². The van der Waals surface area contributed by atoms with Crippen LogP contribution in [0.1, 0.15) is 69.6 Å². The smallest absolute Gasteiger partial charge is 0.304 e. The molecule has 3 nitrogen and oxygen atoms in total. The van der Waals surface area contributed by atoms with Crippen LogP contribution in [0.5, 0.6) is 0 Å². The molecule has 0 fully saturated rings. The lowest BCUT2D eigenvalue weighted by atomic mass is 9.94. The molecule has 0 spiro atoms. The van der Waals surface area contributed by atoms with Gasteiger partial charge in [-0.15, -0.1) is 0 Å². The number of anilines is 1. The monoisotopic (exact) mass is 489 g/mol. The first-order valence-electron chi connectivity index (χ1n) is 12.8. The molecule has 0 saturated heterocycles. The van der Waals surface area contributed by atoms with Crippen molar-refractivity contribution in [3.05, 3.63) is 89.5 Å². The van der Waals surface area contributed by atoms with E-state index in [-0.39, 0.29) is 6.42 Å². The van der Waals surface area contributed by atoms with Crippen molar-refractivity contribution in [3.63, 3.8) is 0 Å². The van der Waals surface area contributed by atoms with Crippen molar-refractivity contribution in [3.8, 4) is 11.1 Å². The molecule has 0 radical (unpaired) electrons. The highest BCUT2D eigenvalue weighted by molar-refractivity contribution is 7.98. The van der Waals surface area contributed by atoms with Crippen LogP contribution in [-0.4, -0.2) is 22.9 Å². The van der Waals surface area contributed by atoms with Gasteiger partial charge in [-0.25, -0.2) is 0 Å². The second kappa shape index (κ2) is 13.4. The zero-order chi connectivity index (χ0) is 25.2. The fraction of sp³-hybridized carbons (Fsp3) is 0.387. The summed E-state index contributed by atoms with van der Waals surface area (Å²) in [5.41, 5.74) is 7.64. The van der Waals surface area contributed by atoms with Crippen molar-refractivity contribution in [2.45, 2.75) is 71.2 Å². The molecule has 0 aromatic heterocycles. The fourth-order valence-corrected chi connectivity index (χ4v) is 5.38. The highest BCUT2D eigenvalue weighted by Gasteiger charge is 2.14. The minimum absolute atomic E-state index is 0.208. The van der Waals surface area contributed by atoms with Gasteiger partial charge in [-0.05, 0) is 78.6 Å². The molecule has 186 valence electrons. The van der Waals surface area contributed by atoms with Gasteiger partial charge in [0, 0.05) is 29.8 Å². The third-order valence-corrected chi connectivity index (χ3v) is 7.60. The molecule has 0 atom stereocenters. The Bertz CT molecular complexity index is 1070. The molecule has 3 rings (SSSR count). The molecular formula is C31H39NO2S. The standard InChI is InChI=1S/C31H39NO2S/c1-5-26(6-2)27-13-15-30(16-14-27)32(23(3)4)21-24-9-7-11-28(19-24)29-12-8-10-25(20-29)22-35-18-17-31(33)34/h7-16,19-20,23,26H,5-6,17-18,21-22H2,1-4H3,(H,33,34). The van der Waals surface area contributed by atoms with Gasteiger partial charge < -0.3 is 10.0 Å². The number of rotatable bonds is 13. The first kappa shape index (κ1) is 26.9. The van der Waals surface area contributed by atoms with Crippen LogP contribution in [0.2, 0.25) is 0 Å². The maximum atomic E-state index is 10.7. The molecule has 4 heteroatoms. The molecule has 0 heterocycles. The predicted octanol–water partition coefficient (Wildman–Crippen LogP) is 8.38. The summed E-state index contributed by atoms with van der Waals surface area (Å²) in [6.07, 6.45) is 2.57. The third-order valence-electron chi connectivity index (χ3n) is 6.57. The quantitative estimate of drug-likeness (QED) is 0.245. The highest BCUT2D eigenvalue weighted by Crippen LogP contribution is 2.28. The normalized spacial score (nSPS) is 11.3. The summed E-state index contributed by atoms with van der Waals surface area (Å²) < 4.78 is 0. The molecular weight excluding hydrogens is 450 g/mol. The lowest BCUT2D eigenvalue weighted by molar-refractivity contribution is -0.136. The highest BCUT2D eigenvalue weighted by atomic mass is 32.2. The van der Waals surface area contributed by atoms with Gasteiger partial charge in [0.05, 0.1) is 6.42 Å². The Morgan fingerprint density at radius 1 is 0.886 bits per heavy atom. The van der Waals surface area contributed by atoms with Crippen molar-refractivity contribution < 1.29 is 9.90 Å². The van der Waals surface area contributed by atoms with Gasteiger partial charge in [0.15, 0.2) is 0 Å². The van der Waals surface area contributed by atoms with Crippen molar-refractivity contribution in [1.82, 2.24) is 0 Å². The van der Waals surface area contributed by atoms with Gasteiger partial charge in [0.1, 0.15) is 0 Å². The third kappa shape index (κ3) is 7.90. The number of thioether (sulfide) groups is 1. The van der Waals surface area contributed by atoms with Crippen LogP contribution in [0.15, 0.2) is 72.8 Å². The number of hydrogen-bond acceptors (Lipinski definition) is 3. The second-order valence-electron chi connectivity index (χ2n) is 9.42. The molecule has 3 aromatic rings. The van der Waals surface area contributed by atoms with Gasteiger partial charge in [-0.1, -0.05) is 68.4 Å². The number of carboxylic acid groups (broad SMARTS) is 1. The molecule has 0 aliphatic carbocycles. The van der Waals surface area contributed by atoms with Crippen LogP contribution in [0.4, 0.5) is 5.69 Å². The van der Waals surface area contributed by atoms with Crippen LogP contribution in [0, 0.1) is 0 Å². The molecule has 0 amide bonds. The Kier molecular flexibility index (Phi) is 10.3. The second-order valence-corrected chi connectivity index (χ2v) is 10.5. The average Bonchev–Trinajstić information content (AvgIpc) is 2.86. The van der Waals surface area contributed by atoms with Crippen LogP contribution < -0.4 is 4.90 Å². The van der Waals surface area contributed by atoms with Crippen LogP contribution in [0.25, 0.3) is 11.1 Å². The van der Waals surface area contributed by atoms with Gasteiger partial charge >= 0.3 is 5.97 Å². The first-order chi connectivity index (χ1) is 16.9. The van der Waals surface area contributed by atoms with Gasteiger partial charge in [0.25, 0.3) is 0 Å². The van der Waals surface area contributed by atoms with E-state index in [9.17, 15) is 4.79 Å². The van der Waals surface area contributed by atoms with Crippen molar-refractivity contribution in [1.29, 1.82) is 0 Å². The molecule has 0 aliphatic heterocycles. The summed E-state index contributed by atoms with van der Waals surface area (Å²) in [5, 5.41) is 8.84. The summed E-state index contributed by atoms with van der Waals surface area (Å²) in [5.74, 6) is 1.37. The van der Waals surface area contributed by atoms with E-state index in [1.165, 1.54) is 46.3 Å². The van der Waals surface area contributed by atoms with E-state index in [1.54, 1.807) is 11.8 Å². The maximum Gasteiger partial charge on any atom is 0.304 e. The van der Waals surface area contributed by atoms with Gasteiger partial charge in [-0.2, -0.15) is 11.8 Å². The number of aliphatic carboxylic acids is 1. The Labute approximate surface area is 215 Å². The SMILES string of the molecule is CCC(CC)c1ccc(N(Cc2cccc(-c3cccc(CSCCC(=O)O)c3)c2)C(C)C)cc1. The number of nitrogens with zero attached hydrogens (tertiary/aromatic N) is 1. The summed E-state index contributed by atoms with van der Waals surface area (Å²) >= 11 is 1.67. The minimum Gasteiger partial charge on any atom is -0.481 e. The van der Waals surface area contributed by atoms with Crippen LogP contribution in [0.3, 0.4) is 0 Å². The Hall–Kier alpha value is -2.72. The van der Waals surface area contributed by atoms with Crippen LogP contribution in [-0.2, 0) is 17.1 Å². The minimum atomic E-state index is -0.736. The van der Waals surface area contributed by atoms with Crippen molar-refractivity contribution >= 4 is 23.4 Å². The van der Waals surface area contributed by atoms with Crippen molar-refractivity contribution in [2.24, 2.45) is 0 Å². The summed E-state index contributed by atoms with van der Waals surface area (Å²) in [7, 11) is 0. The molecule has 0 aliphatic rings. The van der Waals surface area contributed by atoms with Crippen LogP contribution >= 0.6 is 11.8 Å². The zero-order valence-electron chi connectivity index (χ0n) is 21.5. The molecule has 3 aromatic carbocycles. The predicted molar refractivity (Wildman–Crippen MR) is 151 cm³/mol. The summed E-state index contributed by atoms with van der Waals surface area (Å²) in [6, 6.07) is 27.0. The molecule has 0 saturated carbocycles. The molecule has 0 bridgehead atoms. The number of hydrogen-bond donors (Lipinski definition) is 1. The van der Waals surface area contributed by atoms with Gasteiger partial charge in [0.2, 0.25) is 0 Å². The Balaban J connectivity index is 1.74. The lowest BCUT2D eigenvalue weighted by Crippen LogP contribution is -2.30. The Morgan fingerprint density at radius 3 is 2.06 bits per heavy atom. The van der Waals surface area contributed by atoms with Gasteiger partial charge in [-0.3, -0.25) is 4.79 Å². The molecule has 1 N–H and O–H groups in total. The topological polar surface area (TPSA) is 40.5 Å². The molecule has 0 unspecified atom stereocenters. The van der Waals surface area contributed by atoms with E-state index in [0.29, 0.717) is 17.7 Å².